The second-order valence-corrected chi connectivity index (χ2v) is 8.58. The highest BCUT2D eigenvalue weighted by atomic mass is 35.5. The Balaban J connectivity index is 1.43. The molecule has 1 atom stereocenters. The van der Waals surface area contributed by atoms with Crippen molar-refractivity contribution >= 4 is 46.0 Å². The third kappa shape index (κ3) is 3.65. The van der Waals surface area contributed by atoms with Gasteiger partial charge in [0.25, 0.3) is 5.56 Å². The van der Waals surface area contributed by atoms with Gasteiger partial charge in [0.2, 0.25) is 5.91 Å². The molecule has 4 aromatic rings. The Kier molecular flexibility index (Phi) is 5.18. The SMILES string of the molecule is O=C(CC1CSc2nc3c(cnn3-c3ccc(F)cc3)c(=O)n21)Nc1ccc(F)c(Cl)c1. The van der Waals surface area contributed by atoms with E-state index in [0.29, 0.717) is 33.3 Å². The molecule has 3 heterocycles. The highest BCUT2D eigenvalue weighted by Gasteiger charge is 2.29. The fourth-order valence-electron chi connectivity index (χ4n) is 3.55. The van der Waals surface area contributed by atoms with Crippen molar-refractivity contribution in [3.05, 3.63) is 75.7 Å². The number of halogens is 3. The van der Waals surface area contributed by atoms with Crippen molar-refractivity contribution in [2.45, 2.75) is 17.6 Å². The number of nitrogens with zero attached hydrogens (tertiary/aromatic N) is 4. The molecule has 0 bridgehead atoms. The van der Waals surface area contributed by atoms with Crippen molar-refractivity contribution in [1.82, 2.24) is 19.3 Å². The predicted molar refractivity (Wildman–Crippen MR) is 118 cm³/mol. The number of aromatic nitrogens is 4. The van der Waals surface area contributed by atoms with Crippen LogP contribution in [0.25, 0.3) is 16.7 Å². The second-order valence-electron chi connectivity index (χ2n) is 7.19. The average Bonchev–Trinajstić information content (AvgIpc) is 3.36. The van der Waals surface area contributed by atoms with E-state index in [2.05, 4.69) is 15.4 Å². The average molecular weight is 474 g/mol. The van der Waals surface area contributed by atoms with Crippen molar-refractivity contribution in [1.29, 1.82) is 0 Å². The molecular formula is C21H14ClF2N5O2S. The Hall–Kier alpha value is -3.24. The first-order valence-electron chi connectivity index (χ1n) is 9.54. The fourth-order valence-corrected chi connectivity index (χ4v) is 4.86. The van der Waals surface area contributed by atoms with E-state index in [-0.39, 0.29) is 28.7 Å². The molecule has 1 aliphatic rings. The van der Waals surface area contributed by atoms with E-state index in [1.807, 2.05) is 0 Å². The first kappa shape index (κ1) is 20.7. The number of anilines is 1. The highest BCUT2D eigenvalue weighted by molar-refractivity contribution is 7.99. The predicted octanol–water partition coefficient (Wildman–Crippen LogP) is 4.19. The molecular weight excluding hydrogens is 460 g/mol. The largest absolute Gasteiger partial charge is 0.326 e. The smallest absolute Gasteiger partial charge is 0.265 e. The Morgan fingerprint density at radius 3 is 2.75 bits per heavy atom. The zero-order valence-electron chi connectivity index (χ0n) is 16.3. The first-order chi connectivity index (χ1) is 15.4. The standard InChI is InChI=1S/C21H14ClF2N5O2S/c22-16-7-12(3-6-17(16)24)26-18(30)8-14-10-32-21-27-19-15(20(31)28(14)21)9-25-29(19)13-4-1-11(23)2-5-13/h1-7,9,14H,8,10H2,(H,26,30). The van der Waals surface area contributed by atoms with Crippen molar-refractivity contribution in [3.63, 3.8) is 0 Å². The molecule has 2 aromatic carbocycles. The summed E-state index contributed by atoms with van der Waals surface area (Å²) in [4.78, 5) is 30.3. The summed E-state index contributed by atoms with van der Waals surface area (Å²) in [6, 6.07) is 9.23. The van der Waals surface area contributed by atoms with Gasteiger partial charge < -0.3 is 5.32 Å². The molecule has 0 fully saturated rings. The minimum Gasteiger partial charge on any atom is -0.326 e. The summed E-state index contributed by atoms with van der Waals surface area (Å²) in [6.45, 7) is 0. The number of carbonyl (C=O) groups excluding carboxylic acids is 1. The van der Waals surface area contributed by atoms with Crippen LogP contribution in [0.15, 0.2) is 58.6 Å². The molecule has 5 rings (SSSR count). The third-order valence-electron chi connectivity index (χ3n) is 5.07. The Morgan fingerprint density at radius 1 is 1.22 bits per heavy atom. The Bertz CT molecular complexity index is 1420. The van der Waals surface area contributed by atoms with Crippen molar-refractivity contribution < 1.29 is 13.6 Å². The van der Waals surface area contributed by atoms with Crippen LogP contribution in [0.4, 0.5) is 14.5 Å². The molecule has 11 heteroatoms. The molecule has 7 nitrogen and oxygen atoms in total. The van der Waals surface area contributed by atoms with Gasteiger partial charge in [0.15, 0.2) is 10.8 Å². The van der Waals surface area contributed by atoms with Crippen LogP contribution in [-0.2, 0) is 4.79 Å². The molecule has 1 aliphatic heterocycles. The maximum Gasteiger partial charge on any atom is 0.265 e. The fraction of sp³-hybridized carbons (Fsp3) is 0.143. The van der Waals surface area contributed by atoms with Gasteiger partial charge in [-0.15, -0.1) is 0 Å². The molecule has 32 heavy (non-hydrogen) atoms. The number of nitrogens with one attached hydrogen (secondary N) is 1. The van der Waals surface area contributed by atoms with Gasteiger partial charge in [-0.05, 0) is 42.5 Å². The van der Waals surface area contributed by atoms with Gasteiger partial charge in [-0.2, -0.15) is 5.10 Å². The summed E-state index contributed by atoms with van der Waals surface area (Å²) in [6.07, 6.45) is 1.45. The van der Waals surface area contributed by atoms with Gasteiger partial charge >= 0.3 is 0 Å². The number of amides is 1. The number of hydrogen-bond acceptors (Lipinski definition) is 5. The van der Waals surface area contributed by atoms with E-state index < -0.39 is 11.9 Å². The normalized spacial score (nSPS) is 15.2. The minimum absolute atomic E-state index is 0.0359. The summed E-state index contributed by atoms with van der Waals surface area (Å²) in [5.41, 5.74) is 1.02. The summed E-state index contributed by atoms with van der Waals surface area (Å²) in [5, 5.41) is 7.60. The molecule has 0 spiro atoms. The maximum atomic E-state index is 13.3. The second kappa shape index (κ2) is 8.03. The van der Waals surface area contributed by atoms with E-state index in [1.165, 1.54) is 57.5 Å². The lowest BCUT2D eigenvalue weighted by Gasteiger charge is -2.13. The summed E-state index contributed by atoms with van der Waals surface area (Å²) in [5.74, 6) is -0.788. The molecule has 0 radical (unpaired) electrons. The zero-order chi connectivity index (χ0) is 22.4. The van der Waals surface area contributed by atoms with Crippen LogP contribution < -0.4 is 10.9 Å². The van der Waals surface area contributed by atoms with Gasteiger partial charge in [-0.1, -0.05) is 23.4 Å². The van der Waals surface area contributed by atoms with E-state index >= 15 is 0 Å². The highest BCUT2D eigenvalue weighted by Crippen LogP contribution is 2.33. The molecule has 2 aromatic heterocycles. The maximum absolute atomic E-state index is 13.3. The molecule has 0 saturated heterocycles. The van der Waals surface area contributed by atoms with Gasteiger partial charge in [0.05, 0.1) is 22.9 Å². The van der Waals surface area contributed by atoms with Crippen LogP contribution in [0, 0.1) is 11.6 Å². The van der Waals surface area contributed by atoms with Gasteiger partial charge in [-0.3, -0.25) is 14.2 Å². The van der Waals surface area contributed by atoms with Crippen LogP contribution in [0.5, 0.6) is 0 Å². The van der Waals surface area contributed by atoms with Crippen LogP contribution >= 0.6 is 23.4 Å². The molecule has 1 N–H and O–H groups in total. The molecule has 1 amide bonds. The van der Waals surface area contributed by atoms with E-state index in [1.54, 1.807) is 12.1 Å². The van der Waals surface area contributed by atoms with E-state index in [9.17, 15) is 18.4 Å². The zero-order valence-corrected chi connectivity index (χ0v) is 17.8. The molecule has 0 saturated carbocycles. The summed E-state index contributed by atoms with van der Waals surface area (Å²) in [7, 11) is 0. The van der Waals surface area contributed by atoms with Crippen LogP contribution in [0.2, 0.25) is 5.02 Å². The van der Waals surface area contributed by atoms with Crippen molar-refractivity contribution in [2.24, 2.45) is 0 Å². The van der Waals surface area contributed by atoms with Gasteiger partial charge in [-0.25, -0.2) is 18.4 Å². The van der Waals surface area contributed by atoms with Gasteiger partial charge in [0.1, 0.15) is 17.0 Å². The lowest BCUT2D eigenvalue weighted by molar-refractivity contribution is -0.116. The molecule has 0 aliphatic carbocycles. The summed E-state index contributed by atoms with van der Waals surface area (Å²) < 4.78 is 29.5. The van der Waals surface area contributed by atoms with Crippen LogP contribution in [0.3, 0.4) is 0 Å². The lowest BCUT2D eigenvalue weighted by atomic mass is 10.2. The van der Waals surface area contributed by atoms with Crippen LogP contribution in [0.1, 0.15) is 12.5 Å². The number of hydrogen-bond donors (Lipinski definition) is 1. The van der Waals surface area contributed by atoms with Crippen LogP contribution in [-0.4, -0.2) is 31.0 Å². The number of carbonyl (C=O) groups is 1. The molecule has 162 valence electrons. The molecule has 1 unspecified atom stereocenters. The first-order valence-corrected chi connectivity index (χ1v) is 10.9. The third-order valence-corrected chi connectivity index (χ3v) is 6.45. The number of benzene rings is 2. The van der Waals surface area contributed by atoms with Crippen molar-refractivity contribution in [2.75, 3.05) is 11.1 Å². The number of rotatable bonds is 4. The Morgan fingerprint density at radius 2 is 2.00 bits per heavy atom. The number of thioether (sulfide) groups is 1. The van der Waals surface area contributed by atoms with Gasteiger partial charge in [0, 0.05) is 17.9 Å². The van der Waals surface area contributed by atoms with Crippen molar-refractivity contribution in [3.8, 4) is 5.69 Å². The quantitative estimate of drug-likeness (QED) is 0.449. The summed E-state index contributed by atoms with van der Waals surface area (Å²) >= 11 is 7.12. The van der Waals surface area contributed by atoms with E-state index in [4.69, 9.17) is 11.6 Å². The lowest BCUT2D eigenvalue weighted by Crippen LogP contribution is -2.27. The van der Waals surface area contributed by atoms with E-state index in [0.717, 1.165) is 0 Å². The Labute approximate surface area is 189 Å². The number of fused-ring (bicyclic) bond motifs is 2. The topological polar surface area (TPSA) is 81.8 Å². The minimum atomic E-state index is -0.575. The monoisotopic (exact) mass is 473 g/mol.